The van der Waals surface area contributed by atoms with Gasteiger partial charge in [-0.05, 0) is 12.1 Å². The maximum atomic E-state index is 12.1. The highest BCUT2D eigenvalue weighted by molar-refractivity contribution is 6.99. The normalized spacial score (nSPS) is 18.0. The molecule has 1 aliphatic heterocycles. The number of hydrogen-bond donors (Lipinski definition) is 1. The number of rotatable bonds is 3. The highest BCUT2D eigenvalue weighted by Gasteiger charge is 2.36. The zero-order valence-electron chi connectivity index (χ0n) is 10.8. The summed E-state index contributed by atoms with van der Waals surface area (Å²) in [5, 5.41) is 3.15. The Labute approximate surface area is 130 Å². The Kier molecular flexibility index (Phi) is 3.85. The molecule has 108 valence electrons. The summed E-state index contributed by atoms with van der Waals surface area (Å²) in [4.78, 5) is 25.8. The van der Waals surface area contributed by atoms with Gasteiger partial charge in [0.05, 0.1) is 34.6 Å². The predicted octanol–water partition coefficient (Wildman–Crippen LogP) is 2.18. The van der Waals surface area contributed by atoms with Crippen molar-refractivity contribution in [2.75, 3.05) is 16.8 Å². The van der Waals surface area contributed by atoms with E-state index in [1.165, 1.54) is 6.20 Å². The third-order valence-corrected chi connectivity index (χ3v) is 4.05. The van der Waals surface area contributed by atoms with Gasteiger partial charge in [-0.1, -0.05) is 23.7 Å². The minimum absolute atomic E-state index is 0.111. The average Bonchev–Trinajstić information content (AvgIpc) is 3.09. The van der Waals surface area contributed by atoms with Crippen molar-refractivity contribution >= 4 is 46.6 Å². The molecule has 2 amide bonds. The molecule has 21 heavy (non-hydrogen) atoms. The highest BCUT2D eigenvalue weighted by atomic mass is 35.5. The number of carbonyl (C=O) groups excluding carboxylic acids is 2. The van der Waals surface area contributed by atoms with Gasteiger partial charge in [-0.3, -0.25) is 9.59 Å². The molecule has 1 aliphatic rings. The van der Waals surface area contributed by atoms with Gasteiger partial charge in [0.2, 0.25) is 11.8 Å². The Bertz CT molecular complexity index is 677. The third kappa shape index (κ3) is 2.88. The molecule has 3 rings (SSSR count). The lowest BCUT2D eigenvalue weighted by Crippen LogP contribution is -2.28. The van der Waals surface area contributed by atoms with Crippen LogP contribution in [0.3, 0.4) is 0 Å². The Morgan fingerprint density at radius 2 is 2.24 bits per heavy atom. The predicted molar refractivity (Wildman–Crippen MR) is 80.5 cm³/mol. The number of halogens is 1. The summed E-state index contributed by atoms with van der Waals surface area (Å²) in [6, 6.07) is 7.10. The summed E-state index contributed by atoms with van der Waals surface area (Å²) in [6.45, 7) is 0.311. The Morgan fingerprint density at radius 3 is 2.95 bits per heavy atom. The van der Waals surface area contributed by atoms with Crippen LogP contribution in [0.4, 0.5) is 11.5 Å². The Hall–Kier alpha value is -1.99. The molecule has 6 nitrogen and oxygen atoms in total. The molecule has 1 N–H and O–H groups in total. The van der Waals surface area contributed by atoms with E-state index in [1.807, 2.05) is 6.07 Å². The minimum atomic E-state index is -0.421. The van der Waals surface area contributed by atoms with Gasteiger partial charge in [-0.15, -0.1) is 0 Å². The van der Waals surface area contributed by atoms with Gasteiger partial charge >= 0.3 is 0 Å². The average molecular weight is 323 g/mol. The molecule has 2 aromatic rings. The zero-order chi connectivity index (χ0) is 14.8. The topological polar surface area (TPSA) is 75.2 Å². The van der Waals surface area contributed by atoms with Gasteiger partial charge in [0.25, 0.3) is 0 Å². The number of benzene rings is 1. The maximum absolute atomic E-state index is 12.1. The lowest BCUT2D eigenvalue weighted by atomic mass is 10.1. The quantitative estimate of drug-likeness (QED) is 0.939. The second kappa shape index (κ2) is 5.79. The largest absolute Gasteiger partial charge is 0.310 e. The summed E-state index contributed by atoms with van der Waals surface area (Å²) < 4.78 is 7.73. The number of para-hydroxylation sites is 1. The van der Waals surface area contributed by atoms with E-state index in [1.54, 1.807) is 23.1 Å². The molecule has 0 bridgehead atoms. The van der Waals surface area contributed by atoms with Crippen LogP contribution in [0, 0.1) is 5.92 Å². The number of anilines is 2. The van der Waals surface area contributed by atoms with Crippen molar-refractivity contribution < 1.29 is 9.59 Å². The fraction of sp³-hybridized carbons (Fsp3) is 0.231. The first-order valence-corrected chi connectivity index (χ1v) is 7.39. The van der Waals surface area contributed by atoms with Crippen molar-refractivity contribution in [3.8, 4) is 0 Å². The van der Waals surface area contributed by atoms with E-state index < -0.39 is 5.92 Å². The molecule has 0 radical (unpaired) electrons. The number of nitrogens with zero attached hydrogens (tertiary/aromatic N) is 3. The summed E-state index contributed by atoms with van der Waals surface area (Å²) >= 11 is 7.12. The standard InChI is InChI=1S/C13H11ClN4O2S/c14-9-3-1-2-4-10(9)18-7-8(5-12(18)19)13(20)16-11-6-15-21-17-11/h1-4,6,8H,5,7H2,(H,16,17,20)/t8-/m1/s1. The summed E-state index contributed by atoms with van der Waals surface area (Å²) in [7, 11) is 0. The van der Waals surface area contributed by atoms with Crippen molar-refractivity contribution in [3.63, 3.8) is 0 Å². The molecule has 0 saturated carbocycles. The van der Waals surface area contributed by atoms with Crippen LogP contribution in [-0.2, 0) is 9.59 Å². The van der Waals surface area contributed by atoms with Crippen LogP contribution in [0.1, 0.15) is 6.42 Å². The molecular weight excluding hydrogens is 312 g/mol. The van der Waals surface area contributed by atoms with Crippen LogP contribution in [0.5, 0.6) is 0 Å². The molecule has 1 aromatic heterocycles. The van der Waals surface area contributed by atoms with E-state index in [9.17, 15) is 9.59 Å². The summed E-state index contributed by atoms with van der Waals surface area (Å²) in [5.74, 6) is -0.352. The number of carbonyl (C=O) groups is 2. The summed E-state index contributed by atoms with van der Waals surface area (Å²) in [5.41, 5.74) is 0.634. The number of amides is 2. The Morgan fingerprint density at radius 1 is 1.43 bits per heavy atom. The van der Waals surface area contributed by atoms with Crippen molar-refractivity contribution in [1.29, 1.82) is 0 Å². The van der Waals surface area contributed by atoms with Crippen molar-refractivity contribution in [2.45, 2.75) is 6.42 Å². The lowest BCUT2D eigenvalue weighted by molar-refractivity contribution is -0.122. The molecule has 0 spiro atoms. The smallest absolute Gasteiger partial charge is 0.231 e. The zero-order valence-corrected chi connectivity index (χ0v) is 12.4. The molecule has 8 heteroatoms. The van der Waals surface area contributed by atoms with Crippen LogP contribution < -0.4 is 10.2 Å². The van der Waals surface area contributed by atoms with E-state index in [0.717, 1.165) is 11.7 Å². The lowest BCUT2D eigenvalue weighted by Gasteiger charge is -2.17. The summed E-state index contributed by atoms with van der Waals surface area (Å²) in [6.07, 6.45) is 1.64. The number of hydrogen-bond acceptors (Lipinski definition) is 5. The van der Waals surface area contributed by atoms with Crippen LogP contribution in [0.15, 0.2) is 30.5 Å². The van der Waals surface area contributed by atoms with Gasteiger partial charge in [-0.2, -0.15) is 8.75 Å². The number of nitrogens with one attached hydrogen (secondary N) is 1. The first-order valence-electron chi connectivity index (χ1n) is 6.28. The molecule has 0 aliphatic carbocycles. The van der Waals surface area contributed by atoms with Crippen molar-refractivity contribution in [1.82, 2.24) is 8.75 Å². The molecule has 1 fully saturated rings. The molecule has 1 atom stereocenters. The molecule has 2 heterocycles. The second-order valence-electron chi connectivity index (χ2n) is 4.64. The first kappa shape index (κ1) is 14.0. The minimum Gasteiger partial charge on any atom is -0.310 e. The molecular formula is C13H11ClN4O2S. The van der Waals surface area contributed by atoms with Gasteiger partial charge in [0.1, 0.15) is 0 Å². The van der Waals surface area contributed by atoms with E-state index in [0.29, 0.717) is 23.1 Å². The van der Waals surface area contributed by atoms with Crippen molar-refractivity contribution in [3.05, 3.63) is 35.5 Å². The number of aromatic nitrogens is 2. The first-order chi connectivity index (χ1) is 10.1. The molecule has 1 saturated heterocycles. The fourth-order valence-electron chi connectivity index (χ4n) is 2.23. The van der Waals surface area contributed by atoms with Crippen LogP contribution in [-0.4, -0.2) is 27.1 Å². The van der Waals surface area contributed by atoms with Crippen LogP contribution in [0.2, 0.25) is 5.02 Å². The van der Waals surface area contributed by atoms with E-state index in [2.05, 4.69) is 14.1 Å². The van der Waals surface area contributed by atoms with Gasteiger partial charge < -0.3 is 10.2 Å². The molecule has 1 aromatic carbocycles. The molecule has 0 unspecified atom stereocenters. The third-order valence-electron chi connectivity index (χ3n) is 3.25. The maximum Gasteiger partial charge on any atom is 0.231 e. The fourth-order valence-corrected chi connectivity index (χ4v) is 2.85. The van der Waals surface area contributed by atoms with Crippen LogP contribution in [0.25, 0.3) is 0 Å². The monoisotopic (exact) mass is 322 g/mol. The highest BCUT2D eigenvalue weighted by Crippen LogP contribution is 2.31. The SMILES string of the molecule is O=C(Nc1cnsn1)[C@@H]1CC(=O)N(c2ccccc2Cl)C1. The van der Waals surface area contributed by atoms with Gasteiger partial charge in [0, 0.05) is 13.0 Å². The van der Waals surface area contributed by atoms with Crippen LogP contribution >= 0.6 is 23.3 Å². The Balaban J connectivity index is 1.73. The van der Waals surface area contributed by atoms with Gasteiger partial charge in [-0.25, -0.2) is 0 Å². The van der Waals surface area contributed by atoms with E-state index in [4.69, 9.17) is 11.6 Å². The van der Waals surface area contributed by atoms with E-state index >= 15 is 0 Å². The second-order valence-corrected chi connectivity index (χ2v) is 5.60. The van der Waals surface area contributed by atoms with Gasteiger partial charge in [0.15, 0.2) is 5.82 Å². The van der Waals surface area contributed by atoms with Crippen molar-refractivity contribution in [2.24, 2.45) is 5.92 Å². The van der Waals surface area contributed by atoms with E-state index in [-0.39, 0.29) is 18.2 Å².